The van der Waals surface area contributed by atoms with Crippen molar-refractivity contribution in [3.63, 3.8) is 0 Å². The predicted octanol–water partition coefficient (Wildman–Crippen LogP) is 2.31. The molecule has 0 spiro atoms. The van der Waals surface area contributed by atoms with Gasteiger partial charge in [0.2, 0.25) is 0 Å². The SMILES string of the molecule is CC(CCl)CNc1ccc2nccnc2n1. The van der Waals surface area contributed by atoms with Crippen molar-refractivity contribution < 1.29 is 0 Å². The van der Waals surface area contributed by atoms with Crippen LogP contribution in [0.2, 0.25) is 0 Å². The standard InChI is InChI=1S/C11H13ClN4/c1-8(6-12)7-15-10-3-2-9-11(16-10)14-5-4-13-9/h2-5,8H,6-7H2,1H3,(H,14,15,16). The molecule has 0 saturated heterocycles. The predicted molar refractivity (Wildman–Crippen MR) is 65.7 cm³/mol. The molecule has 0 aliphatic rings. The van der Waals surface area contributed by atoms with E-state index < -0.39 is 0 Å². The highest BCUT2D eigenvalue weighted by atomic mass is 35.5. The van der Waals surface area contributed by atoms with Crippen LogP contribution in [0.4, 0.5) is 5.82 Å². The normalized spacial score (nSPS) is 12.6. The molecule has 16 heavy (non-hydrogen) atoms. The molecule has 0 amide bonds. The van der Waals surface area contributed by atoms with Crippen molar-refractivity contribution in [2.75, 3.05) is 17.7 Å². The van der Waals surface area contributed by atoms with E-state index in [1.54, 1.807) is 12.4 Å². The van der Waals surface area contributed by atoms with Crippen LogP contribution in [0, 0.1) is 5.92 Å². The maximum absolute atomic E-state index is 5.73. The molecule has 0 aromatic carbocycles. The molecule has 0 radical (unpaired) electrons. The van der Waals surface area contributed by atoms with Gasteiger partial charge in [0.1, 0.15) is 11.3 Å². The lowest BCUT2D eigenvalue weighted by Gasteiger charge is -2.09. The zero-order chi connectivity index (χ0) is 11.4. The van der Waals surface area contributed by atoms with Crippen LogP contribution in [0.3, 0.4) is 0 Å². The lowest BCUT2D eigenvalue weighted by molar-refractivity contribution is 0.695. The number of halogens is 1. The van der Waals surface area contributed by atoms with Crippen molar-refractivity contribution >= 4 is 28.6 Å². The second kappa shape index (κ2) is 5.07. The van der Waals surface area contributed by atoms with Crippen LogP contribution in [0.1, 0.15) is 6.92 Å². The summed E-state index contributed by atoms with van der Waals surface area (Å²) >= 11 is 5.73. The van der Waals surface area contributed by atoms with Crippen LogP contribution >= 0.6 is 11.6 Å². The molecule has 2 rings (SSSR count). The minimum atomic E-state index is 0.418. The van der Waals surface area contributed by atoms with Gasteiger partial charge < -0.3 is 5.32 Å². The van der Waals surface area contributed by atoms with Crippen LogP contribution in [0.25, 0.3) is 11.2 Å². The molecular weight excluding hydrogens is 224 g/mol. The van der Waals surface area contributed by atoms with Gasteiger partial charge in [-0.1, -0.05) is 6.92 Å². The Labute approximate surface area is 99.1 Å². The van der Waals surface area contributed by atoms with Crippen LogP contribution in [0.15, 0.2) is 24.5 Å². The van der Waals surface area contributed by atoms with Crippen molar-refractivity contribution in [2.45, 2.75) is 6.92 Å². The molecule has 0 fully saturated rings. The first-order chi connectivity index (χ1) is 7.79. The minimum absolute atomic E-state index is 0.418. The maximum Gasteiger partial charge on any atom is 0.180 e. The Morgan fingerprint density at radius 2 is 2.12 bits per heavy atom. The number of pyridine rings is 1. The summed E-state index contributed by atoms with van der Waals surface area (Å²) in [7, 11) is 0. The van der Waals surface area contributed by atoms with Crippen molar-refractivity contribution in [2.24, 2.45) is 5.92 Å². The molecule has 2 heterocycles. The third kappa shape index (κ3) is 2.58. The van der Waals surface area contributed by atoms with Gasteiger partial charge in [0.05, 0.1) is 0 Å². The Bertz CT molecular complexity index is 474. The summed E-state index contributed by atoms with van der Waals surface area (Å²) in [6.07, 6.45) is 3.30. The number of anilines is 1. The molecule has 1 unspecified atom stereocenters. The third-order valence-electron chi connectivity index (χ3n) is 2.23. The Balaban J connectivity index is 2.13. The fraction of sp³-hybridized carbons (Fsp3) is 0.364. The molecule has 0 bridgehead atoms. The summed E-state index contributed by atoms with van der Waals surface area (Å²) in [5, 5.41) is 3.22. The third-order valence-corrected chi connectivity index (χ3v) is 2.75. The lowest BCUT2D eigenvalue weighted by atomic mass is 10.2. The molecule has 84 valence electrons. The molecule has 0 aliphatic carbocycles. The smallest absolute Gasteiger partial charge is 0.180 e. The second-order valence-corrected chi connectivity index (χ2v) is 4.04. The van der Waals surface area contributed by atoms with E-state index in [0.29, 0.717) is 17.4 Å². The lowest BCUT2D eigenvalue weighted by Crippen LogP contribution is -2.13. The molecule has 2 aromatic rings. The number of alkyl halides is 1. The van der Waals surface area contributed by atoms with E-state index in [-0.39, 0.29) is 0 Å². The molecular formula is C11H13ClN4. The van der Waals surface area contributed by atoms with Gasteiger partial charge in [0.15, 0.2) is 5.65 Å². The average Bonchev–Trinajstić information content (AvgIpc) is 2.35. The summed E-state index contributed by atoms with van der Waals surface area (Å²) in [5.74, 6) is 1.87. The number of hydrogen-bond acceptors (Lipinski definition) is 4. The number of rotatable bonds is 4. The minimum Gasteiger partial charge on any atom is -0.370 e. The fourth-order valence-electron chi connectivity index (χ4n) is 1.29. The molecule has 5 heteroatoms. The quantitative estimate of drug-likeness (QED) is 0.828. The van der Waals surface area contributed by atoms with Crippen LogP contribution in [0.5, 0.6) is 0 Å². The summed E-state index contributed by atoms with van der Waals surface area (Å²) in [6.45, 7) is 2.89. The summed E-state index contributed by atoms with van der Waals surface area (Å²) in [5.41, 5.74) is 1.46. The fourth-order valence-corrected chi connectivity index (χ4v) is 1.40. The molecule has 0 aliphatic heterocycles. The van der Waals surface area contributed by atoms with Gasteiger partial charge in [-0.2, -0.15) is 0 Å². The van der Waals surface area contributed by atoms with Crippen molar-refractivity contribution in [1.29, 1.82) is 0 Å². The number of hydrogen-bond donors (Lipinski definition) is 1. The number of aromatic nitrogens is 3. The van der Waals surface area contributed by atoms with Gasteiger partial charge in [-0.3, -0.25) is 4.98 Å². The molecule has 1 N–H and O–H groups in total. The van der Waals surface area contributed by atoms with Crippen LogP contribution in [-0.2, 0) is 0 Å². The topological polar surface area (TPSA) is 50.7 Å². The molecule has 1 atom stereocenters. The summed E-state index contributed by atoms with van der Waals surface area (Å²) in [4.78, 5) is 12.7. The summed E-state index contributed by atoms with van der Waals surface area (Å²) < 4.78 is 0. The largest absolute Gasteiger partial charge is 0.370 e. The summed E-state index contributed by atoms with van der Waals surface area (Å²) in [6, 6.07) is 3.81. The highest BCUT2D eigenvalue weighted by Gasteiger charge is 2.02. The van der Waals surface area contributed by atoms with E-state index in [9.17, 15) is 0 Å². The van der Waals surface area contributed by atoms with E-state index in [0.717, 1.165) is 17.9 Å². The van der Waals surface area contributed by atoms with Crippen molar-refractivity contribution in [3.05, 3.63) is 24.5 Å². The highest BCUT2D eigenvalue weighted by Crippen LogP contribution is 2.10. The van der Waals surface area contributed by atoms with Crippen LogP contribution < -0.4 is 5.32 Å². The molecule has 0 saturated carbocycles. The Hall–Kier alpha value is -1.42. The van der Waals surface area contributed by atoms with Gasteiger partial charge in [-0.15, -0.1) is 11.6 Å². The number of nitrogens with zero attached hydrogens (tertiary/aromatic N) is 3. The Kier molecular flexibility index (Phi) is 3.51. The van der Waals surface area contributed by atoms with E-state index in [1.165, 1.54) is 0 Å². The average molecular weight is 237 g/mol. The first kappa shape index (κ1) is 11.1. The first-order valence-electron chi connectivity index (χ1n) is 5.17. The number of fused-ring (bicyclic) bond motifs is 1. The van der Waals surface area contributed by atoms with Crippen LogP contribution in [-0.4, -0.2) is 27.4 Å². The van der Waals surface area contributed by atoms with Gasteiger partial charge in [0, 0.05) is 24.8 Å². The van der Waals surface area contributed by atoms with Gasteiger partial charge >= 0.3 is 0 Å². The first-order valence-corrected chi connectivity index (χ1v) is 5.70. The van der Waals surface area contributed by atoms with E-state index in [4.69, 9.17) is 11.6 Å². The van der Waals surface area contributed by atoms with Gasteiger partial charge in [-0.05, 0) is 18.1 Å². The second-order valence-electron chi connectivity index (χ2n) is 3.74. The van der Waals surface area contributed by atoms with Crippen molar-refractivity contribution in [1.82, 2.24) is 15.0 Å². The zero-order valence-corrected chi connectivity index (χ0v) is 9.78. The maximum atomic E-state index is 5.73. The number of nitrogens with one attached hydrogen (secondary N) is 1. The van der Waals surface area contributed by atoms with E-state index in [1.807, 2.05) is 12.1 Å². The van der Waals surface area contributed by atoms with Crippen molar-refractivity contribution in [3.8, 4) is 0 Å². The highest BCUT2D eigenvalue weighted by molar-refractivity contribution is 6.18. The van der Waals surface area contributed by atoms with Gasteiger partial charge in [-0.25, -0.2) is 9.97 Å². The van der Waals surface area contributed by atoms with E-state index in [2.05, 4.69) is 27.2 Å². The zero-order valence-electron chi connectivity index (χ0n) is 9.02. The monoisotopic (exact) mass is 236 g/mol. The Morgan fingerprint density at radius 3 is 2.94 bits per heavy atom. The Morgan fingerprint density at radius 1 is 1.31 bits per heavy atom. The molecule has 2 aromatic heterocycles. The van der Waals surface area contributed by atoms with E-state index >= 15 is 0 Å². The van der Waals surface area contributed by atoms with Gasteiger partial charge in [0.25, 0.3) is 0 Å². The molecule has 4 nitrogen and oxygen atoms in total.